The Bertz CT molecular complexity index is 624. The Balaban J connectivity index is 1.82. The van der Waals surface area contributed by atoms with Crippen LogP contribution >= 0.6 is 0 Å². The molecular formula is C18H32O15. The molecule has 0 bridgehead atoms. The Morgan fingerprint density at radius 3 is 1.61 bits per heavy atom. The molecule has 0 aliphatic carbocycles. The van der Waals surface area contributed by atoms with Crippen molar-refractivity contribution in [1.29, 1.82) is 0 Å². The summed E-state index contributed by atoms with van der Waals surface area (Å²) in [4.78, 5) is 0. The topological polar surface area (TPSA) is 248 Å². The van der Waals surface area contributed by atoms with Gasteiger partial charge in [0.15, 0.2) is 18.9 Å². The van der Waals surface area contributed by atoms with Crippen LogP contribution in [0.4, 0.5) is 0 Å². The smallest absolute Gasteiger partial charge is 0.187 e. The highest BCUT2D eigenvalue weighted by molar-refractivity contribution is 4.96. The van der Waals surface area contributed by atoms with Gasteiger partial charge in [0.2, 0.25) is 0 Å². The van der Waals surface area contributed by atoms with E-state index in [1.807, 2.05) is 0 Å². The summed E-state index contributed by atoms with van der Waals surface area (Å²) in [6.45, 7) is -0.115. The Morgan fingerprint density at radius 1 is 0.545 bits per heavy atom. The van der Waals surface area contributed by atoms with Crippen molar-refractivity contribution < 1.29 is 74.7 Å². The van der Waals surface area contributed by atoms with Crippen LogP contribution < -0.4 is 0 Å². The third kappa shape index (κ3) is 5.32. The number of rotatable bonds is 6. The summed E-state index contributed by atoms with van der Waals surface area (Å²) < 4.78 is 26.7. The van der Waals surface area contributed by atoms with Crippen molar-refractivity contribution in [2.45, 2.75) is 99.0 Å². The molecular weight excluding hydrogens is 456 g/mol. The summed E-state index contributed by atoms with van der Waals surface area (Å²) in [5.41, 5.74) is 0. The lowest BCUT2D eigenvalue weighted by Crippen LogP contribution is -2.66. The minimum Gasteiger partial charge on any atom is -0.394 e. The maximum Gasteiger partial charge on any atom is 0.187 e. The van der Waals surface area contributed by atoms with Gasteiger partial charge in [-0.05, 0) is 6.92 Å². The fraction of sp³-hybridized carbons (Fsp3) is 1.00. The summed E-state index contributed by atoms with van der Waals surface area (Å²) >= 11 is 0. The first-order valence-corrected chi connectivity index (χ1v) is 10.4. The largest absolute Gasteiger partial charge is 0.394 e. The number of aliphatic hydroxyl groups excluding tert-OH is 10. The van der Waals surface area contributed by atoms with Gasteiger partial charge in [-0.2, -0.15) is 0 Å². The number of hydrogen-bond acceptors (Lipinski definition) is 15. The molecule has 15 atom stereocenters. The van der Waals surface area contributed by atoms with E-state index in [2.05, 4.69) is 0 Å². The second-order valence-electron chi connectivity index (χ2n) is 8.32. The van der Waals surface area contributed by atoms with Crippen LogP contribution in [0.5, 0.6) is 0 Å². The molecule has 33 heavy (non-hydrogen) atoms. The van der Waals surface area contributed by atoms with Gasteiger partial charge < -0.3 is 74.7 Å². The lowest BCUT2D eigenvalue weighted by Gasteiger charge is -2.48. The highest BCUT2D eigenvalue weighted by Crippen LogP contribution is 2.32. The zero-order valence-corrected chi connectivity index (χ0v) is 17.6. The minimum atomic E-state index is -1.88. The van der Waals surface area contributed by atoms with Crippen LogP contribution in [0.15, 0.2) is 0 Å². The second kappa shape index (κ2) is 11.0. The van der Waals surface area contributed by atoms with Crippen LogP contribution in [-0.4, -0.2) is 156 Å². The van der Waals surface area contributed by atoms with E-state index in [-0.39, 0.29) is 0 Å². The zero-order valence-electron chi connectivity index (χ0n) is 17.6. The maximum absolute atomic E-state index is 10.6. The van der Waals surface area contributed by atoms with E-state index in [4.69, 9.17) is 23.7 Å². The van der Waals surface area contributed by atoms with Gasteiger partial charge in [-0.3, -0.25) is 0 Å². The average Bonchev–Trinajstić information content (AvgIpc) is 2.79. The van der Waals surface area contributed by atoms with Gasteiger partial charge in [-0.15, -0.1) is 0 Å². The molecule has 3 saturated heterocycles. The SMILES string of the molecule is C[C@@H]1O[C@@H](O[C@@H]2[C@@H](O[C@@H]3O[C@H](CO)[C@H](O)[C@H](O)[C@H]3O)[C@H](O)[C@@H](CO)O[C@H]2O)[C@H](O)[C@H](O)[C@H]1O. The van der Waals surface area contributed by atoms with Gasteiger partial charge in [0.1, 0.15) is 67.1 Å². The van der Waals surface area contributed by atoms with Gasteiger partial charge in [0.05, 0.1) is 19.3 Å². The Labute approximate surface area is 187 Å². The molecule has 0 radical (unpaired) electrons. The monoisotopic (exact) mass is 488 g/mol. The minimum absolute atomic E-state index is 0.747. The molecule has 3 rings (SSSR count). The third-order valence-electron chi connectivity index (χ3n) is 6.06. The van der Waals surface area contributed by atoms with Crippen molar-refractivity contribution in [2.24, 2.45) is 0 Å². The Kier molecular flexibility index (Phi) is 8.99. The van der Waals surface area contributed by atoms with Crippen LogP contribution in [0, 0.1) is 0 Å². The summed E-state index contributed by atoms with van der Waals surface area (Å²) in [6.07, 6.45) is -24.1. The molecule has 3 heterocycles. The summed E-state index contributed by atoms with van der Waals surface area (Å²) in [6, 6.07) is 0. The molecule has 0 aromatic rings. The van der Waals surface area contributed by atoms with E-state index in [9.17, 15) is 51.1 Å². The van der Waals surface area contributed by atoms with E-state index in [1.165, 1.54) is 6.92 Å². The van der Waals surface area contributed by atoms with E-state index >= 15 is 0 Å². The molecule has 0 spiro atoms. The summed E-state index contributed by atoms with van der Waals surface area (Å²) in [5.74, 6) is 0. The van der Waals surface area contributed by atoms with Gasteiger partial charge in [0.25, 0.3) is 0 Å². The summed E-state index contributed by atoms with van der Waals surface area (Å²) in [7, 11) is 0. The van der Waals surface area contributed by atoms with Crippen molar-refractivity contribution in [3.8, 4) is 0 Å². The number of aliphatic hydroxyl groups is 10. The van der Waals surface area contributed by atoms with Crippen LogP contribution in [0.25, 0.3) is 0 Å². The van der Waals surface area contributed by atoms with E-state index in [0.29, 0.717) is 0 Å². The van der Waals surface area contributed by atoms with Crippen molar-refractivity contribution >= 4 is 0 Å². The predicted octanol–water partition coefficient (Wildman–Crippen LogP) is -6.55. The average molecular weight is 488 g/mol. The molecule has 3 aliphatic heterocycles. The molecule has 0 unspecified atom stereocenters. The highest BCUT2D eigenvalue weighted by atomic mass is 16.8. The first kappa shape index (κ1) is 27.0. The highest BCUT2D eigenvalue weighted by Gasteiger charge is 2.53. The van der Waals surface area contributed by atoms with Gasteiger partial charge in [-0.1, -0.05) is 0 Å². The number of hydrogen-bond donors (Lipinski definition) is 10. The van der Waals surface area contributed by atoms with Crippen molar-refractivity contribution in [3.63, 3.8) is 0 Å². The standard InChI is InChI=1S/C18H32O15/c1-4-7(21)10(24)12(26)17(29-4)33-15-14(9(23)6(3-20)30-16(15)28)32-18-13(27)11(25)8(22)5(2-19)31-18/h4-28H,2-3H2,1H3/t4-,5+,6+,7-,8-,9+,10+,11-,12+,13+,14-,15+,16+,17-,18-/m0/s1. The Hall–Kier alpha value is -0.600. The molecule has 0 saturated carbocycles. The molecule has 0 aromatic carbocycles. The van der Waals surface area contributed by atoms with Crippen LogP contribution in [0.1, 0.15) is 6.92 Å². The predicted molar refractivity (Wildman–Crippen MR) is 99.8 cm³/mol. The first-order valence-electron chi connectivity index (χ1n) is 10.4. The molecule has 15 nitrogen and oxygen atoms in total. The summed E-state index contributed by atoms with van der Waals surface area (Å²) in [5, 5.41) is 100.0. The molecule has 194 valence electrons. The molecule has 0 amide bonds. The lowest BCUT2D eigenvalue weighted by molar-refractivity contribution is -0.386. The lowest BCUT2D eigenvalue weighted by atomic mass is 9.96. The molecule has 15 heteroatoms. The van der Waals surface area contributed by atoms with Crippen molar-refractivity contribution in [3.05, 3.63) is 0 Å². The normalized spacial score (nSPS) is 53.7. The van der Waals surface area contributed by atoms with Crippen LogP contribution in [0.2, 0.25) is 0 Å². The van der Waals surface area contributed by atoms with Crippen molar-refractivity contribution in [2.75, 3.05) is 13.2 Å². The first-order chi connectivity index (χ1) is 15.5. The quantitative estimate of drug-likeness (QED) is 0.167. The third-order valence-corrected chi connectivity index (χ3v) is 6.06. The van der Waals surface area contributed by atoms with Gasteiger partial charge in [-0.25, -0.2) is 0 Å². The van der Waals surface area contributed by atoms with Crippen LogP contribution in [0.3, 0.4) is 0 Å². The Morgan fingerprint density at radius 2 is 1.03 bits per heavy atom. The van der Waals surface area contributed by atoms with E-state index in [0.717, 1.165) is 0 Å². The van der Waals surface area contributed by atoms with Gasteiger partial charge >= 0.3 is 0 Å². The van der Waals surface area contributed by atoms with E-state index < -0.39 is 105 Å². The van der Waals surface area contributed by atoms with E-state index in [1.54, 1.807) is 0 Å². The fourth-order valence-electron chi connectivity index (χ4n) is 3.97. The molecule has 3 fully saturated rings. The maximum atomic E-state index is 10.6. The van der Waals surface area contributed by atoms with Crippen molar-refractivity contribution in [1.82, 2.24) is 0 Å². The molecule has 10 N–H and O–H groups in total. The molecule has 3 aliphatic rings. The molecule has 0 aromatic heterocycles. The fourth-order valence-corrected chi connectivity index (χ4v) is 3.97. The van der Waals surface area contributed by atoms with Gasteiger partial charge in [0, 0.05) is 0 Å². The number of ether oxygens (including phenoxy) is 5. The second-order valence-corrected chi connectivity index (χ2v) is 8.32. The van der Waals surface area contributed by atoms with Crippen LogP contribution in [-0.2, 0) is 23.7 Å². The zero-order chi connectivity index (χ0) is 24.6.